The maximum atomic E-state index is 13.7. The van der Waals surface area contributed by atoms with E-state index >= 15 is 0 Å². The number of hydrogen-bond acceptors (Lipinski definition) is 2. The second-order valence-electron chi connectivity index (χ2n) is 5.86. The largest absolute Gasteiger partial charge is 0.319 e. The molecule has 1 N–H and O–H groups in total. The van der Waals surface area contributed by atoms with Crippen LogP contribution in [-0.4, -0.2) is 15.7 Å². The highest BCUT2D eigenvalue weighted by molar-refractivity contribution is 6.04. The minimum atomic E-state index is -0.813. The molecule has 6 heteroatoms. The standard InChI is InChI=1S/C19H17F2N3O/c1-12-8-13(2)24(23-12)11-14-4-3-5-15(9-14)19(25)22-18-7-6-16(20)10-17(18)21/h3-10H,11H2,1-2H3,(H,22,25). The monoisotopic (exact) mass is 341 g/mol. The first-order chi connectivity index (χ1) is 11.9. The quantitative estimate of drug-likeness (QED) is 0.777. The summed E-state index contributed by atoms with van der Waals surface area (Å²) in [4.78, 5) is 12.3. The number of amides is 1. The Kier molecular flexibility index (Phi) is 4.61. The van der Waals surface area contributed by atoms with E-state index < -0.39 is 17.5 Å². The van der Waals surface area contributed by atoms with Crippen LogP contribution in [0.5, 0.6) is 0 Å². The first-order valence-corrected chi connectivity index (χ1v) is 7.79. The molecule has 1 heterocycles. The van der Waals surface area contributed by atoms with E-state index in [1.165, 1.54) is 6.07 Å². The van der Waals surface area contributed by atoms with Gasteiger partial charge in [-0.25, -0.2) is 8.78 Å². The van der Waals surface area contributed by atoms with Gasteiger partial charge >= 0.3 is 0 Å². The zero-order valence-electron chi connectivity index (χ0n) is 13.9. The molecule has 0 saturated carbocycles. The van der Waals surface area contributed by atoms with E-state index in [-0.39, 0.29) is 5.69 Å². The van der Waals surface area contributed by atoms with Crippen molar-refractivity contribution >= 4 is 11.6 Å². The van der Waals surface area contributed by atoms with Gasteiger partial charge in [-0.1, -0.05) is 12.1 Å². The third kappa shape index (κ3) is 3.91. The molecule has 25 heavy (non-hydrogen) atoms. The number of halogens is 2. The summed E-state index contributed by atoms with van der Waals surface area (Å²) >= 11 is 0. The molecule has 3 rings (SSSR count). The highest BCUT2D eigenvalue weighted by atomic mass is 19.1. The number of benzene rings is 2. The van der Waals surface area contributed by atoms with Crippen molar-refractivity contribution in [3.63, 3.8) is 0 Å². The molecule has 128 valence electrons. The summed E-state index contributed by atoms with van der Waals surface area (Å²) in [6.45, 7) is 4.42. The molecule has 2 aromatic carbocycles. The van der Waals surface area contributed by atoms with E-state index in [2.05, 4.69) is 10.4 Å². The molecule has 0 atom stereocenters. The van der Waals surface area contributed by atoms with Gasteiger partial charge in [0.1, 0.15) is 11.6 Å². The van der Waals surface area contributed by atoms with Crippen LogP contribution in [0, 0.1) is 25.5 Å². The van der Waals surface area contributed by atoms with Gasteiger partial charge in [0, 0.05) is 17.3 Å². The van der Waals surface area contributed by atoms with Crippen molar-refractivity contribution in [1.82, 2.24) is 9.78 Å². The van der Waals surface area contributed by atoms with Gasteiger partial charge in [-0.2, -0.15) is 5.10 Å². The van der Waals surface area contributed by atoms with Crippen LogP contribution in [0.25, 0.3) is 0 Å². The molecule has 0 aliphatic heterocycles. The Morgan fingerprint density at radius 1 is 1.12 bits per heavy atom. The summed E-state index contributed by atoms with van der Waals surface area (Å²) < 4.78 is 28.5. The van der Waals surface area contributed by atoms with E-state index in [0.717, 1.165) is 29.1 Å². The highest BCUT2D eigenvalue weighted by Crippen LogP contribution is 2.17. The molecule has 0 bridgehead atoms. The molecule has 0 saturated heterocycles. The molecule has 0 aliphatic rings. The number of aryl methyl sites for hydroxylation is 2. The molecule has 0 unspecified atom stereocenters. The molecule has 0 aliphatic carbocycles. The third-order valence-electron chi connectivity index (χ3n) is 3.80. The van der Waals surface area contributed by atoms with E-state index in [1.807, 2.05) is 30.7 Å². The smallest absolute Gasteiger partial charge is 0.255 e. The first-order valence-electron chi connectivity index (χ1n) is 7.79. The van der Waals surface area contributed by atoms with Gasteiger partial charge in [0.05, 0.1) is 17.9 Å². The predicted molar refractivity (Wildman–Crippen MR) is 91.6 cm³/mol. The van der Waals surface area contributed by atoms with E-state index in [0.29, 0.717) is 12.1 Å². The number of rotatable bonds is 4. The highest BCUT2D eigenvalue weighted by Gasteiger charge is 2.11. The van der Waals surface area contributed by atoms with Crippen LogP contribution in [0.2, 0.25) is 0 Å². The summed E-state index contributed by atoms with van der Waals surface area (Å²) in [5.41, 5.74) is 3.19. The average molecular weight is 341 g/mol. The fourth-order valence-corrected chi connectivity index (χ4v) is 2.60. The van der Waals surface area contributed by atoms with Crippen molar-refractivity contribution in [3.05, 3.63) is 82.7 Å². The van der Waals surface area contributed by atoms with Crippen molar-refractivity contribution in [2.45, 2.75) is 20.4 Å². The lowest BCUT2D eigenvalue weighted by atomic mass is 10.1. The van der Waals surface area contributed by atoms with Crippen molar-refractivity contribution in [2.24, 2.45) is 0 Å². The topological polar surface area (TPSA) is 46.9 Å². The van der Waals surface area contributed by atoms with E-state index in [4.69, 9.17) is 0 Å². The van der Waals surface area contributed by atoms with Crippen molar-refractivity contribution < 1.29 is 13.6 Å². The summed E-state index contributed by atoms with van der Waals surface area (Å²) in [6.07, 6.45) is 0. The lowest BCUT2D eigenvalue weighted by Crippen LogP contribution is -2.14. The second-order valence-corrected chi connectivity index (χ2v) is 5.86. The number of anilines is 1. The number of carbonyl (C=O) groups is 1. The average Bonchev–Trinajstić information content (AvgIpc) is 2.87. The van der Waals surface area contributed by atoms with Crippen molar-refractivity contribution in [1.29, 1.82) is 0 Å². The maximum absolute atomic E-state index is 13.7. The number of carbonyl (C=O) groups excluding carboxylic acids is 1. The predicted octanol–water partition coefficient (Wildman–Crippen LogP) is 4.08. The lowest BCUT2D eigenvalue weighted by Gasteiger charge is -2.09. The molecule has 0 radical (unpaired) electrons. The Morgan fingerprint density at radius 2 is 1.92 bits per heavy atom. The van der Waals surface area contributed by atoms with Gasteiger partial charge in [0.15, 0.2) is 0 Å². The van der Waals surface area contributed by atoms with Crippen LogP contribution in [-0.2, 0) is 6.54 Å². The van der Waals surface area contributed by atoms with Crippen LogP contribution in [0.4, 0.5) is 14.5 Å². The Hall–Kier alpha value is -3.02. The molecule has 3 aromatic rings. The number of hydrogen-bond donors (Lipinski definition) is 1. The zero-order chi connectivity index (χ0) is 18.0. The van der Waals surface area contributed by atoms with E-state index in [1.54, 1.807) is 18.2 Å². The normalized spacial score (nSPS) is 10.7. The van der Waals surface area contributed by atoms with Gasteiger partial charge < -0.3 is 5.32 Å². The van der Waals surface area contributed by atoms with E-state index in [9.17, 15) is 13.6 Å². The minimum absolute atomic E-state index is 0.0599. The number of nitrogens with zero attached hydrogens (tertiary/aromatic N) is 2. The Labute approximate surface area is 144 Å². The fraction of sp³-hybridized carbons (Fsp3) is 0.158. The molecule has 0 spiro atoms. The van der Waals surface area contributed by atoms with Crippen LogP contribution >= 0.6 is 0 Å². The molecular weight excluding hydrogens is 324 g/mol. The third-order valence-corrected chi connectivity index (χ3v) is 3.80. The lowest BCUT2D eigenvalue weighted by molar-refractivity contribution is 0.102. The molecule has 0 fully saturated rings. The maximum Gasteiger partial charge on any atom is 0.255 e. The molecule has 4 nitrogen and oxygen atoms in total. The van der Waals surface area contributed by atoms with Crippen LogP contribution < -0.4 is 5.32 Å². The Balaban J connectivity index is 1.78. The summed E-state index contributed by atoms with van der Waals surface area (Å²) in [7, 11) is 0. The van der Waals surface area contributed by atoms with Gasteiger partial charge in [-0.3, -0.25) is 9.48 Å². The van der Waals surface area contributed by atoms with Crippen LogP contribution in [0.15, 0.2) is 48.5 Å². The van der Waals surface area contributed by atoms with Crippen molar-refractivity contribution in [3.8, 4) is 0 Å². The molecule has 1 aromatic heterocycles. The number of nitrogens with one attached hydrogen (secondary N) is 1. The second kappa shape index (κ2) is 6.84. The summed E-state index contributed by atoms with van der Waals surface area (Å²) in [6, 6.07) is 12.0. The SMILES string of the molecule is Cc1cc(C)n(Cc2cccc(C(=O)Nc3ccc(F)cc3F)c2)n1. The molecular formula is C19H17F2N3O. The fourth-order valence-electron chi connectivity index (χ4n) is 2.60. The van der Waals surface area contributed by atoms with Gasteiger partial charge in [0.2, 0.25) is 0 Å². The van der Waals surface area contributed by atoms with Crippen molar-refractivity contribution in [2.75, 3.05) is 5.32 Å². The van der Waals surface area contributed by atoms with Gasteiger partial charge in [0.25, 0.3) is 5.91 Å². The van der Waals surface area contributed by atoms with Crippen LogP contribution in [0.3, 0.4) is 0 Å². The minimum Gasteiger partial charge on any atom is -0.319 e. The van der Waals surface area contributed by atoms with Gasteiger partial charge in [-0.05, 0) is 49.7 Å². The zero-order valence-corrected chi connectivity index (χ0v) is 13.9. The van der Waals surface area contributed by atoms with Gasteiger partial charge in [-0.15, -0.1) is 0 Å². The Bertz CT molecular complexity index is 934. The molecule has 1 amide bonds. The number of aromatic nitrogens is 2. The first kappa shape index (κ1) is 16.8. The summed E-state index contributed by atoms with van der Waals surface area (Å²) in [5, 5.41) is 6.86. The summed E-state index contributed by atoms with van der Waals surface area (Å²) in [5.74, 6) is -1.96. The van der Waals surface area contributed by atoms with Crippen LogP contribution in [0.1, 0.15) is 27.3 Å². The Morgan fingerprint density at radius 3 is 2.60 bits per heavy atom.